The summed E-state index contributed by atoms with van der Waals surface area (Å²) < 4.78 is 31.5. The molecule has 2 heterocycles. The maximum absolute atomic E-state index is 12.4. The predicted molar refractivity (Wildman–Crippen MR) is 103 cm³/mol. The highest BCUT2D eigenvalue weighted by atomic mass is 79.9. The quantitative estimate of drug-likeness (QED) is 0.684. The standard InChI is InChI=1S/C22H25F2N2O2.BrH/c1-16-5-7-17(8-6-16)20-15-22(27,26-14-4-2-3-13-25(20)26)18-9-11-19(12-10-18)28-21(23)24;/h5-12,21,27H,2-4,13-15H2,1H3;1H/q+1;/p-1. The Labute approximate surface area is 180 Å². The number of rotatable bonds is 4. The summed E-state index contributed by atoms with van der Waals surface area (Å²) in [5.41, 5.74) is 2.87. The number of nitrogens with zero attached hydrogens (tertiary/aromatic N) is 2. The molecule has 7 heteroatoms. The van der Waals surface area contributed by atoms with Crippen molar-refractivity contribution in [1.29, 1.82) is 0 Å². The molecule has 2 aromatic carbocycles. The van der Waals surface area contributed by atoms with Gasteiger partial charge in [-0.15, -0.1) is 9.69 Å². The molecule has 0 amide bonds. The fourth-order valence-electron chi connectivity index (χ4n) is 4.17. The molecule has 4 nitrogen and oxygen atoms in total. The molecule has 0 radical (unpaired) electrons. The number of ether oxygens (including phenoxy) is 1. The largest absolute Gasteiger partial charge is 1.00 e. The Hall–Kier alpha value is -1.99. The molecular weight excluding hydrogens is 442 g/mol. The lowest BCUT2D eigenvalue weighted by Gasteiger charge is -2.30. The van der Waals surface area contributed by atoms with Gasteiger partial charge in [-0.3, -0.25) is 0 Å². The van der Waals surface area contributed by atoms with Crippen molar-refractivity contribution in [1.82, 2.24) is 5.01 Å². The average Bonchev–Trinajstić information content (AvgIpc) is 2.83. The van der Waals surface area contributed by atoms with E-state index in [9.17, 15) is 13.9 Å². The third-order valence-electron chi connectivity index (χ3n) is 5.61. The van der Waals surface area contributed by atoms with Gasteiger partial charge in [-0.2, -0.15) is 8.78 Å². The molecule has 29 heavy (non-hydrogen) atoms. The molecule has 0 aromatic heterocycles. The molecule has 1 fully saturated rings. The van der Waals surface area contributed by atoms with E-state index in [4.69, 9.17) is 0 Å². The minimum Gasteiger partial charge on any atom is -1.00 e. The number of hydrogen-bond donors (Lipinski definition) is 1. The topological polar surface area (TPSA) is 35.7 Å². The van der Waals surface area contributed by atoms with Gasteiger partial charge < -0.3 is 26.8 Å². The molecule has 1 saturated heterocycles. The van der Waals surface area contributed by atoms with Crippen LogP contribution in [-0.4, -0.2) is 40.2 Å². The van der Waals surface area contributed by atoms with Crippen LogP contribution in [0.5, 0.6) is 5.75 Å². The van der Waals surface area contributed by atoms with Gasteiger partial charge in [-0.1, -0.05) is 29.8 Å². The summed E-state index contributed by atoms with van der Waals surface area (Å²) in [5.74, 6) is 0.0933. The van der Waals surface area contributed by atoms with Crippen LogP contribution < -0.4 is 21.7 Å². The Morgan fingerprint density at radius 1 is 1.03 bits per heavy atom. The maximum Gasteiger partial charge on any atom is 0.387 e. The Bertz CT molecular complexity index is 871. The molecule has 2 aromatic rings. The van der Waals surface area contributed by atoms with E-state index in [-0.39, 0.29) is 22.7 Å². The van der Waals surface area contributed by atoms with Crippen LogP contribution in [0, 0.1) is 6.92 Å². The first-order chi connectivity index (χ1) is 13.5. The number of hydrazone groups is 1. The van der Waals surface area contributed by atoms with Gasteiger partial charge in [-0.25, -0.2) is 0 Å². The molecule has 2 aliphatic heterocycles. The van der Waals surface area contributed by atoms with Crippen molar-refractivity contribution < 1.29 is 40.3 Å². The lowest BCUT2D eigenvalue weighted by molar-refractivity contribution is -0.706. The number of benzene rings is 2. The van der Waals surface area contributed by atoms with E-state index in [1.165, 1.54) is 17.7 Å². The van der Waals surface area contributed by atoms with Crippen LogP contribution in [0.1, 0.15) is 42.4 Å². The van der Waals surface area contributed by atoms with Gasteiger partial charge >= 0.3 is 6.61 Å². The monoisotopic (exact) mass is 466 g/mol. The second-order valence-corrected chi connectivity index (χ2v) is 7.52. The lowest BCUT2D eigenvalue weighted by Crippen LogP contribution is -3.00. The van der Waals surface area contributed by atoms with Crippen molar-refractivity contribution in [2.24, 2.45) is 0 Å². The lowest BCUT2D eigenvalue weighted by atomic mass is 9.94. The predicted octanol–water partition coefficient (Wildman–Crippen LogP) is 1.05. The van der Waals surface area contributed by atoms with Crippen molar-refractivity contribution in [3.8, 4) is 5.75 Å². The molecule has 156 valence electrons. The van der Waals surface area contributed by atoms with E-state index in [0.717, 1.165) is 43.6 Å². The minimum absolute atomic E-state index is 0. The maximum atomic E-state index is 12.4. The van der Waals surface area contributed by atoms with Gasteiger partial charge in [0.05, 0.1) is 13.0 Å². The highest BCUT2D eigenvalue weighted by Crippen LogP contribution is 2.38. The van der Waals surface area contributed by atoms with Crippen LogP contribution in [0.4, 0.5) is 8.78 Å². The van der Waals surface area contributed by atoms with E-state index < -0.39 is 12.3 Å². The van der Waals surface area contributed by atoms with E-state index in [1.54, 1.807) is 12.1 Å². The SMILES string of the molecule is Cc1ccc(C2=[N+]3CCCCCN3C(O)(c3ccc(OC(F)F)cc3)C2)cc1.[Br-]. The normalized spacial score (nSPS) is 21.6. The molecule has 0 spiro atoms. The molecule has 0 aliphatic carbocycles. The zero-order valence-electron chi connectivity index (χ0n) is 16.3. The van der Waals surface area contributed by atoms with Gasteiger partial charge in [0.15, 0.2) is 6.54 Å². The third kappa shape index (κ3) is 4.31. The van der Waals surface area contributed by atoms with Crippen LogP contribution in [-0.2, 0) is 5.72 Å². The zero-order chi connectivity index (χ0) is 19.7. The number of halogens is 3. The molecular formula is C22H25BrF2N2O2. The summed E-state index contributed by atoms with van der Waals surface area (Å²) in [6.07, 6.45) is 3.65. The number of aryl methyl sites for hydroxylation is 1. The Balaban J connectivity index is 0.00000240. The average molecular weight is 467 g/mol. The van der Waals surface area contributed by atoms with Gasteiger partial charge in [0.2, 0.25) is 11.4 Å². The van der Waals surface area contributed by atoms with Crippen LogP contribution in [0.25, 0.3) is 0 Å². The molecule has 1 N–H and O–H groups in total. The zero-order valence-corrected chi connectivity index (χ0v) is 17.9. The summed E-state index contributed by atoms with van der Waals surface area (Å²) in [4.78, 5) is 0. The number of fused-ring (bicyclic) bond motifs is 1. The summed E-state index contributed by atoms with van der Waals surface area (Å²) in [6.45, 7) is 0.808. The molecule has 0 saturated carbocycles. The summed E-state index contributed by atoms with van der Waals surface area (Å²) >= 11 is 0. The molecule has 4 rings (SSSR count). The van der Waals surface area contributed by atoms with E-state index in [2.05, 4.69) is 40.6 Å². The number of aliphatic hydroxyl groups is 1. The van der Waals surface area contributed by atoms with E-state index in [0.29, 0.717) is 12.0 Å². The van der Waals surface area contributed by atoms with Crippen molar-refractivity contribution in [2.45, 2.75) is 44.9 Å². The fraction of sp³-hybridized carbons (Fsp3) is 0.409. The highest BCUT2D eigenvalue weighted by Gasteiger charge is 2.52. The first kappa shape index (κ1) is 21.7. The summed E-state index contributed by atoms with van der Waals surface area (Å²) in [5, 5.41) is 13.8. The van der Waals surface area contributed by atoms with E-state index >= 15 is 0 Å². The Morgan fingerprint density at radius 2 is 1.72 bits per heavy atom. The first-order valence-corrected chi connectivity index (χ1v) is 9.73. The summed E-state index contributed by atoms with van der Waals surface area (Å²) in [7, 11) is 0. The Morgan fingerprint density at radius 3 is 2.38 bits per heavy atom. The van der Waals surface area contributed by atoms with Crippen molar-refractivity contribution in [2.75, 3.05) is 13.1 Å². The number of alkyl halides is 2. The fourth-order valence-corrected chi connectivity index (χ4v) is 4.17. The van der Waals surface area contributed by atoms with Crippen molar-refractivity contribution in [3.05, 3.63) is 65.2 Å². The first-order valence-electron chi connectivity index (χ1n) is 9.73. The Kier molecular flexibility index (Phi) is 6.58. The van der Waals surface area contributed by atoms with Gasteiger partial charge in [0, 0.05) is 17.5 Å². The van der Waals surface area contributed by atoms with Gasteiger partial charge in [0.25, 0.3) is 0 Å². The smallest absolute Gasteiger partial charge is 0.387 e. The third-order valence-corrected chi connectivity index (χ3v) is 5.61. The van der Waals surface area contributed by atoms with Crippen LogP contribution in [0.3, 0.4) is 0 Å². The summed E-state index contributed by atoms with van der Waals surface area (Å²) in [6, 6.07) is 14.7. The van der Waals surface area contributed by atoms with E-state index in [1.807, 2.05) is 5.01 Å². The second kappa shape index (κ2) is 8.79. The minimum atomic E-state index is -2.86. The molecule has 0 bridgehead atoms. The second-order valence-electron chi connectivity index (χ2n) is 7.52. The van der Waals surface area contributed by atoms with Crippen LogP contribution in [0.15, 0.2) is 48.5 Å². The van der Waals surface area contributed by atoms with Crippen LogP contribution in [0.2, 0.25) is 0 Å². The molecule has 2 aliphatic rings. The highest BCUT2D eigenvalue weighted by molar-refractivity contribution is 5.98. The van der Waals surface area contributed by atoms with Gasteiger partial charge in [-0.05, 0) is 44.0 Å². The van der Waals surface area contributed by atoms with Gasteiger partial charge in [0.1, 0.15) is 5.75 Å². The number of hydrazine groups is 1. The van der Waals surface area contributed by atoms with Crippen molar-refractivity contribution in [3.63, 3.8) is 0 Å². The van der Waals surface area contributed by atoms with Crippen molar-refractivity contribution >= 4 is 5.71 Å². The van der Waals surface area contributed by atoms with Crippen LogP contribution >= 0.6 is 0 Å². The number of hydrogen-bond acceptors (Lipinski definition) is 3. The molecule has 1 atom stereocenters. The molecule has 1 unspecified atom stereocenters.